The number of carbonyl (C=O) groups excluding carboxylic acids is 1. The number of nitrogens with zero attached hydrogens (tertiary/aromatic N) is 1. The van der Waals surface area contributed by atoms with E-state index in [1.165, 1.54) is 0 Å². The van der Waals surface area contributed by atoms with Crippen molar-refractivity contribution in [2.24, 2.45) is 0 Å². The molecule has 1 aromatic carbocycles. The van der Waals surface area contributed by atoms with Crippen molar-refractivity contribution in [3.05, 3.63) is 41.1 Å². The molecule has 0 aliphatic carbocycles. The molecule has 0 unspecified atom stereocenters. The first-order chi connectivity index (χ1) is 12.7. The lowest BCUT2D eigenvalue weighted by atomic mass is 10.0. The third kappa shape index (κ3) is 4.38. The minimum Gasteiger partial charge on any atom is -0.460 e. The molecule has 0 saturated carbocycles. The van der Waals surface area contributed by atoms with Crippen LogP contribution >= 0.6 is 0 Å². The van der Waals surface area contributed by atoms with Crippen LogP contribution in [0.3, 0.4) is 0 Å². The van der Waals surface area contributed by atoms with Gasteiger partial charge in [-0.05, 0) is 37.8 Å². The summed E-state index contributed by atoms with van der Waals surface area (Å²) >= 11 is 0. The molecule has 6 heteroatoms. The van der Waals surface area contributed by atoms with Crippen LogP contribution in [-0.4, -0.2) is 44.2 Å². The molecule has 0 spiro atoms. The molecule has 1 saturated heterocycles. The van der Waals surface area contributed by atoms with Gasteiger partial charge >= 0.3 is 5.97 Å². The zero-order valence-electron chi connectivity index (χ0n) is 15.3. The SMILES string of the molecule is COCc1nc2ccccc2c(C)c1C(=O)OCCO[C@@H]1CCCCO1. The van der Waals surface area contributed by atoms with Gasteiger partial charge in [-0.25, -0.2) is 9.78 Å². The summed E-state index contributed by atoms with van der Waals surface area (Å²) < 4.78 is 21.7. The predicted molar refractivity (Wildman–Crippen MR) is 97.0 cm³/mol. The van der Waals surface area contributed by atoms with E-state index < -0.39 is 5.97 Å². The second kappa shape index (κ2) is 9.07. The van der Waals surface area contributed by atoms with Crippen molar-refractivity contribution in [2.75, 3.05) is 26.9 Å². The summed E-state index contributed by atoms with van der Waals surface area (Å²) in [6, 6.07) is 7.73. The lowest BCUT2D eigenvalue weighted by Crippen LogP contribution is -2.24. The molecule has 0 N–H and O–H groups in total. The number of hydrogen-bond donors (Lipinski definition) is 0. The highest BCUT2D eigenvalue weighted by atomic mass is 16.7. The van der Waals surface area contributed by atoms with E-state index in [4.69, 9.17) is 18.9 Å². The summed E-state index contributed by atoms with van der Waals surface area (Å²) in [5.74, 6) is -0.402. The van der Waals surface area contributed by atoms with Gasteiger partial charge in [0, 0.05) is 19.1 Å². The van der Waals surface area contributed by atoms with Gasteiger partial charge in [-0.1, -0.05) is 18.2 Å². The van der Waals surface area contributed by atoms with E-state index in [2.05, 4.69) is 4.98 Å². The van der Waals surface area contributed by atoms with Gasteiger partial charge in [-0.2, -0.15) is 0 Å². The average molecular weight is 359 g/mol. The molecule has 1 aliphatic rings. The van der Waals surface area contributed by atoms with E-state index in [1.54, 1.807) is 7.11 Å². The van der Waals surface area contributed by atoms with Crippen LogP contribution in [0.15, 0.2) is 24.3 Å². The number of fused-ring (bicyclic) bond motifs is 1. The van der Waals surface area contributed by atoms with Crippen LogP contribution in [0.2, 0.25) is 0 Å². The molecular weight excluding hydrogens is 334 g/mol. The number of rotatable bonds is 7. The van der Waals surface area contributed by atoms with Gasteiger partial charge < -0.3 is 18.9 Å². The maximum absolute atomic E-state index is 12.7. The summed E-state index contributed by atoms with van der Waals surface area (Å²) in [5, 5.41) is 0.936. The number of esters is 1. The van der Waals surface area contributed by atoms with Crippen molar-refractivity contribution < 1.29 is 23.7 Å². The molecule has 1 aromatic heterocycles. The van der Waals surface area contributed by atoms with E-state index in [0.29, 0.717) is 17.9 Å². The maximum Gasteiger partial charge on any atom is 0.340 e. The smallest absolute Gasteiger partial charge is 0.340 e. The van der Waals surface area contributed by atoms with Gasteiger partial charge in [0.1, 0.15) is 6.61 Å². The van der Waals surface area contributed by atoms with Gasteiger partial charge in [0.25, 0.3) is 0 Å². The largest absolute Gasteiger partial charge is 0.460 e. The Kier molecular flexibility index (Phi) is 6.55. The van der Waals surface area contributed by atoms with Crippen LogP contribution in [0.4, 0.5) is 0 Å². The average Bonchev–Trinajstić information content (AvgIpc) is 2.66. The van der Waals surface area contributed by atoms with Gasteiger partial charge in [0.05, 0.1) is 30.0 Å². The lowest BCUT2D eigenvalue weighted by molar-refractivity contribution is -0.166. The second-order valence-corrected chi connectivity index (χ2v) is 6.31. The zero-order valence-corrected chi connectivity index (χ0v) is 15.3. The molecule has 6 nitrogen and oxygen atoms in total. The van der Waals surface area contributed by atoms with E-state index in [9.17, 15) is 4.79 Å². The summed E-state index contributed by atoms with van der Waals surface area (Å²) in [7, 11) is 1.58. The first-order valence-electron chi connectivity index (χ1n) is 8.98. The fourth-order valence-electron chi connectivity index (χ4n) is 3.18. The van der Waals surface area contributed by atoms with Gasteiger partial charge in [-0.3, -0.25) is 0 Å². The molecule has 2 aromatic rings. The highest BCUT2D eigenvalue weighted by Crippen LogP contribution is 2.24. The Bertz CT molecular complexity index is 755. The molecule has 3 rings (SSSR count). The van der Waals surface area contributed by atoms with Gasteiger partial charge in [-0.15, -0.1) is 0 Å². The second-order valence-electron chi connectivity index (χ2n) is 6.31. The molecule has 1 atom stereocenters. The molecule has 26 heavy (non-hydrogen) atoms. The van der Waals surface area contributed by atoms with Crippen molar-refractivity contribution >= 4 is 16.9 Å². The van der Waals surface area contributed by atoms with Gasteiger partial charge in [0.15, 0.2) is 6.29 Å². The number of para-hydroxylation sites is 1. The summed E-state index contributed by atoms with van der Waals surface area (Å²) in [5.41, 5.74) is 2.75. The Hall–Kier alpha value is -2.02. The highest BCUT2D eigenvalue weighted by Gasteiger charge is 2.20. The summed E-state index contributed by atoms with van der Waals surface area (Å²) in [6.07, 6.45) is 2.88. The molecule has 140 valence electrons. The highest BCUT2D eigenvalue weighted by molar-refractivity contribution is 5.98. The van der Waals surface area contributed by atoms with Gasteiger partial charge in [0.2, 0.25) is 0 Å². The Labute approximate surface area is 153 Å². The van der Waals surface area contributed by atoms with Crippen molar-refractivity contribution in [1.29, 1.82) is 0 Å². The predicted octanol–water partition coefficient (Wildman–Crippen LogP) is 3.39. The fraction of sp³-hybridized carbons (Fsp3) is 0.500. The van der Waals surface area contributed by atoms with E-state index in [-0.39, 0.29) is 19.5 Å². The first kappa shape index (κ1) is 18.8. The van der Waals surface area contributed by atoms with E-state index in [1.807, 2.05) is 31.2 Å². The molecule has 0 amide bonds. The quantitative estimate of drug-likeness (QED) is 0.558. The number of carbonyl (C=O) groups is 1. The number of hydrogen-bond acceptors (Lipinski definition) is 6. The number of aryl methyl sites for hydroxylation is 1. The minimum absolute atomic E-state index is 0.178. The maximum atomic E-state index is 12.7. The Morgan fingerprint density at radius 2 is 2.12 bits per heavy atom. The Morgan fingerprint density at radius 1 is 1.27 bits per heavy atom. The third-order valence-corrected chi connectivity index (χ3v) is 4.47. The van der Waals surface area contributed by atoms with Crippen molar-refractivity contribution in [1.82, 2.24) is 4.98 Å². The number of benzene rings is 1. The number of methoxy groups -OCH3 is 1. The van der Waals surface area contributed by atoms with E-state index in [0.717, 1.165) is 42.3 Å². The van der Waals surface area contributed by atoms with Crippen LogP contribution in [0.25, 0.3) is 10.9 Å². The van der Waals surface area contributed by atoms with Crippen molar-refractivity contribution in [2.45, 2.75) is 39.1 Å². The van der Waals surface area contributed by atoms with Crippen molar-refractivity contribution in [3.63, 3.8) is 0 Å². The number of pyridine rings is 1. The number of aromatic nitrogens is 1. The first-order valence-corrected chi connectivity index (χ1v) is 8.98. The normalized spacial score (nSPS) is 17.4. The Morgan fingerprint density at radius 3 is 2.88 bits per heavy atom. The fourth-order valence-corrected chi connectivity index (χ4v) is 3.18. The Balaban J connectivity index is 1.68. The number of ether oxygens (including phenoxy) is 4. The van der Waals surface area contributed by atoms with Crippen molar-refractivity contribution in [3.8, 4) is 0 Å². The lowest BCUT2D eigenvalue weighted by Gasteiger charge is -2.22. The standard InChI is InChI=1S/C20H25NO5/c1-14-15-7-3-4-8-16(15)21-17(13-23-2)19(14)20(22)26-12-11-25-18-9-5-6-10-24-18/h3-4,7-8,18H,5-6,9-13H2,1-2H3/t18-/m1/s1. The van der Waals surface area contributed by atoms with E-state index >= 15 is 0 Å². The molecule has 0 bridgehead atoms. The molecule has 2 heterocycles. The zero-order chi connectivity index (χ0) is 18.4. The van der Waals surface area contributed by atoms with Crippen LogP contribution in [0.1, 0.15) is 40.9 Å². The molecular formula is C20H25NO5. The minimum atomic E-state index is -0.402. The van der Waals surface area contributed by atoms with Crippen LogP contribution < -0.4 is 0 Å². The van der Waals surface area contributed by atoms with Crippen LogP contribution in [0.5, 0.6) is 0 Å². The summed E-state index contributed by atoms with van der Waals surface area (Å²) in [6.45, 7) is 3.38. The third-order valence-electron chi connectivity index (χ3n) is 4.47. The topological polar surface area (TPSA) is 66.9 Å². The summed E-state index contributed by atoms with van der Waals surface area (Å²) in [4.78, 5) is 17.2. The van der Waals surface area contributed by atoms with Crippen LogP contribution in [-0.2, 0) is 25.6 Å². The monoisotopic (exact) mass is 359 g/mol. The van der Waals surface area contributed by atoms with Crippen LogP contribution in [0, 0.1) is 6.92 Å². The molecule has 1 aliphatic heterocycles. The molecule has 1 fully saturated rings. The molecule has 0 radical (unpaired) electrons.